The van der Waals surface area contributed by atoms with Crippen molar-refractivity contribution < 1.29 is 9.32 Å². The number of amides is 2. The first-order chi connectivity index (χ1) is 13.7. The fourth-order valence-electron chi connectivity index (χ4n) is 3.49. The second kappa shape index (κ2) is 8.14. The molecule has 0 aliphatic carbocycles. The molecule has 1 aliphatic rings. The summed E-state index contributed by atoms with van der Waals surface area (Å²) in [7, 11) is 0. The van der Waals surface area contributed by atoms with Gasteiger partial charge in [0.05, 0.1) is 0 Å². The molecule has 4 rings (SSSR count). The molecule has 0 saturated carbocycles. The molecule has 6 nitrogen and oxygen atoms in total. The van der Waals surface area contributed by atoms with Crippen LogP contribution in [0.15, 0.2) is 57.5 Å². The van der Waals surface area contributed by atoms with Crippen LogP contribution in [-0.4, -0.2) is 27.6 Å². The Balaban J connectivity index is 1.52. The average molecular weight is 441 g/mol. The zero-order valence-electron chi connectivity index (χ0n) is 15.6. The van der Waals surface area contributed by atoms with Crippen molar-refractivity contribution in [3.63, 3.8) is 0 Å². The van der Waals surface area contributed by atoms with Crippen molar-refractivity contribution >= 4 is 27.6 Å². The van der Waals surface area contributed by atoms with E-state index < -0.39 is 0 Å². The topological polar surface area (TPSA) is 71.3 Å². The molecule has 0 spiro atoms. The number of carbonyl (C=O) groups excluding carboxylic acids is 1. The average Bonchev–Trinajstić information content (AvgIpc) is 3.38. The first kappa shape index (κ1) is 18.7. The van der Waals surface area contributed by atoms with Gasteiger partial charge in [0.1, 0.15) is 6.04 Å². The van der Waals surface area contributed by atoms with Gasteiger partial charge in [-0.3, -0.25) is 0 Å². The summed E-state index contributed by atoms with van der Waals surface area (Å²) >= 11 is 3.42. The molecule has 1 aliphatic heterocycles. The molecule has 2 aromatic carbocycles. The Labute approximate surface area is 172 Å². The van der Waals surface area contributed by atoms with Crippen LogP contribution in [0.5, 0.6) is 0 Å². The molecular formula is C21H21BrN4O2. The highest BCUT2D eigenvalue weighted by Crippen LogP contribution is 2.33. The lowest BCUT2D eigenvalue weighted by molar-refractivity contribution is 0.193. The van der Waals surface area contributed by atoms with E-state index in [4.69, 9.17) is 4.52 Å². The summed E-state index contributed by atoms with van der Waals surface area (Å²) in [6.45, 7) is 2.74. The van der Waals surface area contributed by atoms with E-state index in [1.165, 1.54) is 0 Å². The molecule has 2 heterocycles. The van der Waals surface area contributed by atoms with Crippen LogP contribution in [0.3, 0.4) is 0 Å². The van der Waals surface area contributed by atoms with E-state index in [0.29, 0.717) is 18.3 Å². The van der Waals surface area contributed by atoms with Gasteiger partial charge in [0.15, 0.2) is 0 Å². The third-order valence-corrected chi connectivity index (χ3v) is 5.51. The van der Waals surface area contributed by atoms with Gasteiger partial charge in [-0.25, -0.2) is 4.79 Å². The number of rotatable bonds is 4. The summed E-state index contributed by atoms with van der Waals surface area (Å²) in [4.78, 5) is 19.2. The van der Waals surface area contributed by atoms with Gasteiger partial charge in [-0.1, -0.05) is 46.2 Å². The number of nitrogens with one attached hydrogen (secondary N) is 1. The van der Waals surface area contributed by atoms with Gasteiger partial charge in [-0.15, -0.1) is 0 Å². The lowest BCUT2D eigenvalue weighted by Gasteiger charge is -2.23. The van der Waals surface area contributed by atoms with E-state index in [1.54, 1.807) is 4.90 Å². The Morgan fingerprint density at radius 2 is 2.04 bits per heavy atom. The van der Waals surface area contributed by atoms with E-state index in [-0.39, 0.29) is 12.1 Å². The van der Waals surface area contributed by atoms with Crippen LogP contribution in [-0.2, 0) is 6.42 Å². The number of nitrogens with zero attached hydrogens (tertiary/aromatic N) is 3. The van der Waals surface area contributed by atoms with Crippen LogP contribution in [0.4, 0.5) is 10.5 Å². The number of para-hydroxylation sites is 1. The summed E-state index contributed by atoms with van der Waals surface area (Å²) < 4.78 is 6.51. The third-order valence-electron chi connectivity index (χ3n) is 4.98. The van der Waals surface area contributed by atoms with Gasteiger partial charge in [0, 0.05) is 22.3 Å². The number of aromatic nitrogens is 2. The molecule has 0 radical (unpaired) electrons. The van der Waals surface area contributed by atoms with Gasteiger partial charge < -0.3 is 14.7 Å². The first-order valence-corrected chi connectivity index (χ1v) is 10.2. The maximum absolute atomic E-state index is 12.9. The van der Waals surface area contributed by atoms with Crippen molar-refractivity contribution in [3.8, 4) is 11.4 Å². The van der Waals surface area contributed by atoms with Crippen molar-refractivity contribution in [3.05, 3.63) is 64.5 Å². The standard InChI is InChI=1S/C21H21BrN4O2/c1-2-14-6-3-4-7-17(14)23-21(27)26-13-5-8-18(26)20-24-19(25-28-20)15-9-11-16(22)12-10-15/h3-4,6-7,9-12,18H,2,5,8,13H2,1H3,(H,23,27). The SMILES string of the molecule is CCc1ccccc1NC(=O)N1CCCC1c1nc(-c2ccc(Br)cc2)no1. The van der Waals surface area contributed by atoms with Crippen LogP contribution in [0.1, 0.15) is 37.3 Å². The van der Waals surface area contributed by atoms with E-state index >= 15 is 0 Å². The zero-order valence-corrected chi connectivity index (χ0v) is 17.1. The fourth-order valence-corrected chi connectivity index (χ4v) is 3.76. The molecule has 28 heavy (non-hydrogen) atoms. The molecule has 0 bridgehead atoms. The number of anilines is 1. The molecule has 1 unspecified atom stereocenters. The molecule has 2 amide bonds. The normalized spacial score (nSPS) is 16.4. The zero-order chi connectivity index (χ0) is 19.5. The second-order valence-corrected chi connectivity index (χ2v) is 7.67. The number of carbonyl (C=O) groups is 1. The van der Waals surface area contributed by atoms with Crippen molar-refractivity contribution in [1.29, 1.82) is 0 Å². The Morgan fingerprint density at radius 1 is 1.25 bits per heavy atom. The predicted molar refractivity (Wildman–Crippen MR) is 111 cm³/mol. The number of hydrogen-bond acceptors (Lipinski definition) is 4. The highest BCUT2D eigenvalue weighted by Gasteiger charge is 2.34. The lowest BCUT2D eigenvalue weighted by atomic mass is 10.1. The minimum atomic E-state index is -0.203. The molecule has 1 atom stereocenters. The summed E-state index contributed by atoms with van der Waals surface area (Å²) in [5.74, 6) is 1.01. The van der Waals surface area contributed by atoms with Crippen LogP contribution in [0.25, 0.3) is 11.4 Å². The molecule has 1 fully saturated rings. The van der Waals surface area contributed by atoms with Crippen molar-refractivity contribution in [2.45, 2.75) is 32.2 Å². The van der Waals surface area contributed by atoms with E-state index in [0.717, 1.165) is 40.5 Å². The van der Waals surface area contributed by atoms with Gasteiger partial charge in [0.2, 0.25) is 11.7 Å². The van der Waals surface area contributed by atoms with E-state index in [9.17, 15) is 4.79 Å². The highest BCUT2D eigenvalue weighted by molar-refractivity contribution is 9.10. The maximum atomic E-state index is 12.9. The third kappa shape index (κ3) is 3.80. The van der Waals surface area contributed by atoms with Crippen molar-refractivity contribution in [2.24, 2.45) is 0 Å². The Bertz CT molecular complexity index is 971. The fraction of sp³-hybridized carbons (Fsp3) is 0.286. The summed E-state index contributed by atoms with van der Waals surface area (Å²) in [6, 6.07) is 15.3. The minimum absolute atomic E-state index is 0.133. The number of benzene rings is 2. The highest BCUT2D eigenvalue weighted by atomic mass is 79.9. The van der Waals surface area contributed by atoms with Crippen LogP contribution >= 0.6 is 15.9 Å². The number of urea groups is 1. The minimum Gasteiger partial charge on any atom is -0.337 e. The summed E-state index contributed by atoms with van der Waals surface area (Å²) in [5.41, 5.74) is 2.84. The number of halogens is 1. The largest absolute Gasteiger partial charge is 0.337 e. The molecule has 7 heteroatoms. The van der Waals surface area contributed by atoms with Crippen molar-refractivity contribution in [1.82, 2.24) is 15.0 Å². The van der Waals surface area contributed by atoms with Gasteiger partial charge in [-0.2, -0.15) is 4.98 Å². The number of likely N-dealkylation sites (tertiary alicyclic amines) is 1. The van der Waals surface area contributed by atoms with E-state index in [2.05, 4.69) is 38.3 Å². The van der Waals surface area contributed by atoms with Gasteiger partial charge in [-0.05, 0) is 55.2 Å². The van der Waals surface area contributed by atoms with E-state index in [1.807, 2.05) is 48.5 Å². The smallest absolute Gasteiger partial charge is 0.322 e. The molecular weight excluding hydrogens is 420 g/mol. The number of hydrogen-bond donors (Lipinski definition) is 1. The first-order valence-electron chi connectivity index (χ1n) is 9.40. The van der Waals surface area contributed by atoms with Gasteiger partial charge >= 0.3 is 6.03 Å². The van der Waals surface area contributed by atoms with Crippen LogP contribution < -0.4 is 5.32 Å². The Hall–Kier alpha value is -2.67. The lowest BCUT2D eigenvalue weighted by Crippen LogP contribution is -2.34. The van der Waals surface area contributed by atoms with Crippen LogP contribution in [0.2, 0.25) is 0 Å². The van der Waals surface area contributed by atoms with Gasteiger partial charge in [0.25, 0.3) is 0 Å². The molecule has 1 saturated heterocycles. The van der Waals surface area contributed by atoms with Crippen molar-refractivity contribution in [2.75, 3.05) is 11.9 Å². The monoisotopic (exact) mass is 440 g/mol. The quantitative estimate of drug-likeness (QED) is 0.586. The Kier molecular flexibility index (Phi) is 5.43. The summed E-state index contributed by atoms with van der Waals surface area (Å²) in [6.07, 6.45) is 2.58. The predicted octanol–water partition coefficient (Wildman–Crippen LogP) is 5.43. The second-order valence-electron chi connectivity index (χ2n) is 6.76. The summed E-state index contributed by atoms with van der Waals surface area (Å²) in [5, 5.41) is 7.15. The Morgan fingerprint density at radius 3 is 2.82 bits per heavy atom. The number of aryl methyl sites for hydroxylation is 1. The maximum Gasteiger partial charge on any atom is 0.322 e. The molecule has 144 valence electrons. The molecule has 1 aromatic heterocycles. The molecule has 1 N–H and O–H groups in total. The van der Waals surface area contributed by atoms with Crippen LogP contribution in [0, 0.1) is 0 Å². The molecule has 3 aromatic rings.